The van der Waals surface area contributed by atoms with E-state index >= 15 is 0 Å². The quantitative estimate of drug-likeness (QED) is 0.819. The zero-order chi connectivity index (χ0) is 14.5. The van der Waals surface area contributed by atoms with Crippen molar-refractivity contribution in [2.24, 2.45) is 0 Å². The third-order valence-electron chi connectivity index (χ3n) is 3.54. The maximum Gasteiger partial charge on any atom is 0.256 e. The van der Waals surface area contributed by atoms with Crippen molar-refractivity contribution < 1.29 is 9.90 Å². The number of nitrogens with zero attached hydrogens (tertiary/aromatic N) is 2. The zero-order valence-electron chi connectivity index (χ0n) is 11.4. The molecule has 2 rings (SSSR count). The van der Waals surface area contributed by atoms with Crippen molar-refractivity contribution in [3.63, 3.8) is 0 Å². The van der Waals surface area contributed by atoms with Crippen LogP contribution in [0.5, 0.6) is 0 Å². The Bertz CT molecular complexity index is 481. The molecular formula is C14H20ClN3O2. The molecule has 0 atom stereocenters. The van der Waals surface area contributed by atoms with E-state index in [1.54, 1.807) is 23.1 Å². The highest BCUT2D eigenvalue weighted by Gasteiger charge is 2.21. The highest BCUT2D eigenvalue weighted by molar-refractivity contribution is 6.31. The number of anilines is 1. The van der Waals surface area contributed by atoms with Crippen LogP contribution in [0.3, 0.4) is 0 Å². The molecule has 0 aromatic heterocycles. The van der Waals surface area contributed by atoms with Crippen LogP contribution in [0.15, 0.2) is 18.2 Å². The summed E-state index contributed by atoms with van der Waals surface area (Å²) in [5, 5.41) is 9.49. The summed E-state index contributed by atoms with van der Waals surface area (Å²) < 4.78 is 0. The van der Waals surface area contributed by atoms with E-state index < -0.39 is 0 Å². The Balaban J connectivity index is 2.07. The zero-order valence-corrected chi connectivity index (χ0v) is 12.1. The molecule has 1 aromatic carbocycles. The Hall–Kier alpha value is -1.30. The van der Waals surface area contributed by atoms with E-state index in [9.17, 15) is 4.79 Å². The van der Waals surface area contributed by atoms with Crippen molar-refractivity contribution >= 4 is 23.2 Å². The van der Waals surface area contributed by atoms with Crippen LogP contribution < -0.4 is 5.73 Å². The highest BCUT2D eigenvalue weighted by atomic mass is 35.5. The lowest BCUT2D eigenvalue weighted by Crippen LogP contribution is -2.36. The first kappa shape index (κ1) is 15.1. The molecule has 1 aromatic rings. The molecule has 6 heteroatoms. The van der Waals surface area contributed by atoms with E-state index in [1.165, 1.54) is 0 Å². The van der Waals surface area contributed by atoms with Crippen molar-refractivity contribution in [3.05, 3.63) is 28.8 Å². The van der Waals surface area contributed by atoms with Gasteiger partial charge in [0.15, 0.2) is 0 Å². The Morgan fingerprint density at radius 2 is 2.10 bits per heavy atom. The topological polar surface area (TPSA) is 69.8 Å². The number of amides is 1. The van der Waals surface area contributed by atoms with Gasteiger partial charge in [0.1, 0.15) is 0 Å². The molecule has 0 bridgehead atoms. The third kappa shape index (κ3) is 3.62. The monoisotopic (exact) mass is 297 g/mol. The number of hydrogen-bond acceptors (Lipinski definition) is 4. The van der Waals surface area contributed by atoms with Gasteiger partial charge in [-0.05, 0) is 31.2 Å². The molecule has 0 unspecified atom stereocenters. The lowest BCUT2D eigenvalue weighted by molar-refractivity contribution is 0.0761. The van der Waals surface area contributed by atoms with Gasteiger partial charge in [-0.15, -0.1) is 0 Å². The first-order valence-corrected chi connectivity index (χ1v) is 7.17. The Kier molecular flexibility index (Phi) is 5.23. The first-order chi connectivity index (χ1) is 9.61. The first-order valence-electron chi connectivity index (χ1n) is 6.79. The molecule has 20 heavy (non-hydrogen) atoms. The molecule has 1 fully saturated rings. The van der Waals surface area contributed by atoms with Crippen LogP contribution in [-0.2, 0) is 0 Å². The molecule has 0 spiro atoms. The SMILES string of the molecule is Nc1ccc(Cl)cc1C(=O)N1CCCN(CCO)CC1. The highest BCUT2D eigenvalue weighted by Crippen LogP contribution is 2.20. The van der Waals surface area contributed by atoms with E-state index in [2.05, 4.69) is 4.90 Å². The van der Waals surface area contributed by atoms with Crippen LogP contribution in [0.2, 0.25) is 5.02 Å². The van der Waals surface area contributed by atoms with Gasteiger partial charge >= 0.3 is 0 Å². The fourth-order valence-corrected chi connectivity index (χ4v) is 2.60. The predicted octanol–water partition coefficient (Wildman–Crippen LogP) is 1.06. The van der Waals surface area contributed by atoms with E-state index in [-0.39, 0.29) is 12.5 Å². The van der Waals surface area contributed by atoms with Crippen LogP contribution in [0.1, 0.15) is 16.8 Å². The summed E-state index contributed by atoms with van der Waals surface area (Å²) in [4.78, 5) is 16.5. The molecule has 1 heterocycles. The van der Waals surface area contributed by atoms with Crippen LogP contribution in [0, 0.1) is 0 Å². The number of nitrogens with two attached hydrogens (primary N) is 1. The number of aliphatic hydroxyl groups is 1. The summed E-state index contributed by atoms with van der Waals surface area (Å²) in [6, 6.07) is 4.96. The molecule has 0 radical (unpaired) electrons. The molecule has 1 aliphatic rings. The van der Waals surface area contributed by atoms with Gasteiger partial charge in [0.2, 0.25) is 0 Å². The molecule has 3 N–H and O–H groups in total. The maximum atomic E-state index is 12.5. The van der Waals surface area contributed by atoms with E-state index in [4.69, 9.17) is 22.4 Å². The molecular weight excluding hydrogens is 278 g/mol. The van der Waals surface area contributed by atoms with Crippen molar-refractivity contribution in [1.29, 1.82) is 0 Å². The van der Waals surface area contributed by atoms with Crippen molar-refractivity contribution in [2.45, 2.75) is 6.42 Å². The predicted molar refractivity (Wildman–Crippen MR) is 79.9 cm³/mol. The number of aliphatic hydroxyl groups excluding tert-OH is 1. The standard InChI is InChI=1S/C14H20ClN3O2/c15-11-2-3-13(16)12(10-11)14(20)18-5-1-4-17(6-7-18)8-9-19/h2-3,10,19H,1,4-9,16H2. The molecule has 0 aliphatic carbocycles. The summed E-state index contributed by atoms with van der Waals surface area (Å²) in [7, 11) is 0. The summed E-state index contributed by atoms with van der Waals surface area (Å²) >= 11 is 5.93. The van der Waals surface area contributed by atoms with Gasteiger partial charge in [-0.2, -0.15) is 0 Å². The number of carbonyl (C=O) groups is 1. The van der Waals surface area contributed by atoms with E-state index in [0.29, 0.717) is 35.9 Å². The Morgan fingerprint density at radius 3 is 2.85 bits per heavy atom. The number of hydrogen-bond donors (Lipinski definition) is 2. The largest absolute Gasteiger partial charge is 0.398 e. The van der Waals surface area contributed by atoms with Crippen LogP contribution in [0.25, 0.3) is 0 Å². The molecule has 5 nitrogen and oxygen atoms in total. The minimum atomic E-state index is -0.0733. The minimum Gasteiger partial charge on any atom is -0.398 e. The van der Waals surface area contributed by atoms with Crippen molar-refractivity contribution in [1.82, 2.24) is 9.80 Å². The maximum absolute atomic E-state index is 12.5. The second-order valence-corrected chi connectivity index (χ2v) is 5.38. The number of rotatable bonds is 3. The number of benzene rings is 1. The molecule has 1 saturated heterocycles. The van der Waals surface area contributed by atoms with Gasteiger partial charge in [0, 0.05) is 36.9 Å². The average molecular weight is 298 g/mol. The average Bonchev–Trinajstić information content (AvgIpc) is 2.67. The Labute approximate surface area is 123 Å². The number of β-amino-alcohol motifs (C(OH)–C–C–N with tert-alkyl or cyclic N) is 1. The van der Waals surface area contributed by atoms with Crippen LogP contribution >= 0.6 is 11.6 Å². The second-order valence-electron chi connectivity index (χ2n) is 4.94. The number of halogens is 1. The summed E-state index contributed by atoms with van der Waals surface area (Å²) in [6.45, 7) is 3.82. The van der Waals surface area contributed by atoms with E-state index in [1.807, 2.05) is 0 Å². The van der Waals surface area contributed by atoms with E-state index in [0.717, 1.165) is 19.5 Å². The lowest BCUT2D eigenvalue weighted by atomic mass is 10.1. The van der Waals surface area contributed by atoms with Gasteiger partial charge in [-0.1, -0.05) is 11.6 Å². The van der Waals surface area contributed by atoms with Gasteiger partial charge in [0.05, 0.1) is 12.2 Å². The number of carbonyl (C=O) groups excluding carboxylic acids is 1. The number of nitrogen functional groups attached to an aromatic ring is 1. The normalized spacial score (nSPS) is 17.0. The molecule has 1 aliphatic heterocycles. The molecule has 0 saturated carbocycles. The summed E-state index contributed by atoms with van der Waals surface area (Å²) in [5.74, 6) is -0.0733. The molecule has 1 amide bonds. The van der Waals surface area contributed by atoms with Crippen LogP contribution in [0.4, 0.5) is 5.69 Å². The van der Waals surface area contributed by atoms with Gasteiger partial charge < -0.3 is 15.7 Å². The van der Waals surface area contributed by atoms with Crippen molar-refractivity contribution in [2.75, 3.05) is 45.1 Å². The summed E-state index contributed by atoms with van der Waals surface area (Å²) in [6.07, 6.45) is 0.895. The van der Waals surface area contributed by atoms with Crippen LogP contribution in [-0.4, -0.2) is 60.1 Å². The van der Waals surface area contributed by atoms with Gasteiger partial charge in [-0.25, -0.2) is 0 Å². The molecule has 110 valence electrons. The van der Waals surface area contributed by atoms with Gasteiger partial charge in [-0.3, -0.25) is 9.69 Å². The third-order valence-corrected chi connectivity index (χ3v) is 3.77. The lowest BCUT2D eigenvalue weighted by Gasteiger charge is -2.22. The second kappa shape index (κ2) is 6.92. The van der Waals surface area contributed by atoms with Crippen molar-refractivity contribution in [3.8, 4) is 0 Å². The summed E-state index contributed by atoms with van der Waals surface area (Å²) in [5.41, 5.74) is 6.78. The smallest absolute Gasteiger partial charge is 0.256 e. The minimum absolute atomic E-state index is 0.0733. The van der Waals surface area contributed by atoms with Gasteiger partial charge in [0.25, 0.3) is 5.91 Å². The fraction of sp³-hybridized carbons (Fsp3) is 0.500. The fourth-order valence-electron chi connectivity index (χ4n) is 2.42. The Morgan fingerprint density at radius 1 is 1.30 bits per heavy atom.